The number of hydrogen-bond donors (Lipinski definition) is 2. The van der Waals surface area contributed by atoms with E-state index in [2.05, 4.69) is 5.32 Å². The van der Waals surface area contributed by atoms with E-state index in [1.807, 2.05) is 6.92 Å². The quantitative estimate of drug-likeness (QED) is 0.816. The molecule has 0 radical (unpaired) electrons. The minimum absolute atomic E-state index is 0.124. The van der Waals surface area contributed by atoms with Gasteiger partial charge in [0.1, 0.15) is 17.7 Å². The van der Waals surface area contributed by atoms with E-state index in [1.165, 1.54) is 0 Å². The van der Waals surface area contributed by atoms with Gasteiger partial charge in [-0.25, -0.2) is 13.6 Å². The van der Waals surface area contributed by atoms with E-state index in [1.54, 1.807) is 0 Å². The van der Waals surface area contributed by atoms with Crippen molar-refractivity contribution in [3.8, 4) is 0 Å². The van der Waals surface area contributed by atoms with E-state index in [0.29, 0.717) is 12.8 Å². The second kappa shape index (κ2) is 5.44. The summed E-state index contributed by atoms with van der Waals surface area (Å²) in [7, 11) is 0. The molecule has 0 saturated heterocycles. The molecule has 0 spiro atoms. The standard InChI is InChI=1S/C11H13F2NO2/c1-2-3-9(11(15)16)14-10-6-7(12)4-5-8(10)13/h4-6,9,14H,2-3H2,1H3,(H,15,16). The summed E-state index contributed by atoms with van der Waals surface area (Å²) in [4.78, 5) is 10.8. The Kier molecular flexibility index (Phi) is 4.22. The third-order valence-electron chi connectivity index (χ3n) is 2.13. The maximum Gasteiger partial charge on any atom is 0.326 e. The van der Waals surface area contributed by atoms with Gasteiger partial charge in [0.05, 0.1) is 5.69 Å². The molecular formula is C11H13F2NO2. The van der Waals surface area contributed by atoms with Gasteiger partial charge in [-0.1, -0.05) is 13.3 Å². The van der Waals surface area contributed by atoms with Crippen molar-refractivity contribution >= 4 is 11.7 Å². The number of hydrogen-bond acceptors (Lipinski definition) is 2. The van der Waals surface area contributed by atoms with Gasteiger partial charge in [-0.15, -0.1) is 0 Å². The van der Waals surface area contributed by atoms with Crippen LogP contribution in [0.5, 0.6) is 0 Å². The molecule has 16 heavy (non-hydrogen) atoms. The van der Waals surface area contributed by atoms with Gasteiger partial charge in [-0.05, 0) is 24.6 Å². The zero-order valence-electron chi connectivity index (χ0n) is 8.84. The molecule has 0 saturated carbocycles. The Balaban J connectivity index is 2.84. The van der Waals surface area contributed by atoms with E-state index in [0.717, 1.165) is 18.2 Å². The van der Waals surface area contributed by atoms with Crippen molar-refractivity contribution < 1.29 is 18.7 Å². The molecule has 0 heterocycles. The molecule has 0 aliphatic heterocycles. The lowest BCUT2D eigenvalue weighted by atomic mass is 10.1. The Morgan fingerprint density at radius 2 is 2.19 bits per heavy atom. The minimum Gasteiger partial charge on any atom is -0.480 e. The van der Waals surface area contributed by atoms with Crippen LogP contribution in [0, 0.1) is 11.6 Å². The second-order valence-electron chi connectivity index (χ2n) is 3.45. The van der Waals surface area contributed by atoms with Crippen molar-refractivity contribution in [1.29, 1.82) is 0 Å². The van der Waals surface area contributed by atoms with E-state index in [-0.39, 0.29) is 5.69 Å². The van der Waals surface area contributed by atoms with Crippen molar-refractivity contribution in [3.63, 3.8) is 0 Å². The predicted molar refractivity (Wildman–Crippen MR) is 56.3 cm³/mol. The summed E-state index contributed by atoms with van der Waals surface area (Å²) in [5, 5.41) is 11.3. The van der Waals surface area contributed by atoms with Crippen LogP contribution >= 0.6 is 0 Å². The van der Waals surface area contributed by atoms with Crippen LogP contribution in [0.2, 0.25) is 0 Å². The van der Waals surface area contributed by atoms with Gasteiger partial charge in [0.25, 0.3) is 0 Å². The zero-order valence-corrected chi connectivity index (χ0v) is 8.84. The van der Waals surface area contributed by atoms with E-state index in [4.69, 9.17) is 5.11 Å². The Labute approximate surface area is 92.1 Å². The Morgan fingerprint density at radius 3 is 2.75 bits per heavy atom. The highest BCUT2D eigenvalue weighted by atomic mass is 19.1. The van der Waals surface area contributed by atoms with Gasteiger partial charge in [0.2, 0.25) is 0 Å². The lowest BCUT2D eigenvalue weighted by Crippen LogP contribution is -2.29. The van der Waals surface area contributed by atoms with Gasteiger partial charge >= 0.3 is 5.97 Å². The molecule has 1 unspecified atom stereocenters. The van der Waals surface area contributed by atoms with E-state index >= 15 is 0 Å². The van der Waals surface area contributed by atoms with Crippen molar-refractivity contribution in [2.24, 2.45) is 0 Å². The number of nitrogens with one attached hydrogen (secondary N) is 1. The summed E-state index contributed by atoms with van der Waals surface area (Å²) in [5.41, 5.74) is -0.124. The van der Waals surface area contributed by atoms with Crippen molar-refractivity contribution in [1.82, 2.24) is 0 Å². The molecule has 0 aromatic heterocycles. The highest BCUT2D eigenvalue weighted by Crippen LogP contribution is 2.17. The molecule has 1 rings (SSSR count). The molecule has 0 fully saturated rings. The summed E-state index contributed by atoms with van der Waals surface area (Å²) in [6.07, 6.45) is 0.992. The maximum atomic E-state index is 13.2. The lowest BCUT2D eigenvalue weighted by Gasteiger charge is -2.15. The van der Waals surface area contributed by atoms with Crippen LogP contribution in [0.25, 0.3) is 0 Å². The molecular weight excluding hydrogens is 216 g/mol. The first-order valence-corrected chi connectivity index (χ1v) is 4.99. The average molecular weight is 229 g/mol. The number of halogens is 2. The fourth-order valence-corrected chi connectivity index (χ4v) is 1.34. The Morgan fingerprint density at radius 1 is 1.50 bits per heavy atom. The average Bonchev–Trinajstić information content (AvgIpc) is 2.22. The van der Waals surface area contributed by atoms with Crippen LogP contribution in [0.4, 0.5) is 14.5 Å². The third kappa shape index (κ3) is 3.18. The number of rotatable bonds is 5. The van der Waals surface area contributed by atoms with Gasteiger partial charge in [0.15, 0.2) is 0 Å². The summed E-state index contributed by atoms with van der Waals surface area (Å²) in [6, 6.07) is 1.99. The smallest absolute Gasteiger partial charge is 0.326 e. The largest absolute Gasteiger partial charge is 0.480 e. The number of anilines is 1. The number of carboxylic acid groups (broad SMARTS) is 1. The third-order valence-corrected chi connectivity index (χ3v) is 2.13. The monoisotopic (exact) mass is 229 g/mol. The van der Waals surface area contributed by atoms with Crippen LogP contribution in [0.15, 0.2) is 18.2 Å². The topological polar surface area (TPSA) is 49.3 Å². The zero-order chi connectivity index (χ0) is 12.1. The van der Waals surface area contributed by atoms with Crippen LogP contribution in [-0.2, 0) is 4.79 Å². The molecule has 0 bridgehead atoms. The maximum absolute atomic E-state index is 13.2. The molecule has 2 N–H and O–H groups in total. The predicted octanol–water partition coefficient (Wildman–Crippen LogP) is 2.63. The van der Waals surface area contributed by atoms with E-state index in [9.17, 15) is 13.6 Å². The first kappa shape index (κ1) is 12.4. The van der Waals surface area contributed by atoms with Crippen molar-refractivity contribution in [3.05, 3.63) is 29.8 Å². The lowest BCUT2D eigenvalue weighted by molar-refractivity contribution is -0.138. The van der Waals surface area contributed by atoms with Gasteiger partial charge in [-0.3, -0.25) is 0 Å². The highest BCUT2D eigenvalue weighted by molar-refractivity contribution is 5.77. The summed E-state index contributed by atoms with van der Waals surface area (Å²) in [6.45, 7) is 1.82. The minimum atomic E-state index is -1.08. The van der Waals surface area contributed by atoms with Crippen LogP contribution in [0.3, 0.4) is 0 Å². The molecule has 1 aromatic rings. The fourth-order valence-electron chi connectivity index (χ4n) is 1.34. The molecule has 0 aliphatic rings. The fraction of sp³-hybridized carbons (Fsp3) is 0.364. The number of benzene rings is 1. The van der Waals surface area contributed by atoms with Crippen molar-refractivity contribution in [2.45, 2.75) is 25.8 Å². The van der Waals surface area contributed by atoms with Crippen LogP contribution < -0.4 is 5.32 Å². The normalized spacial score (nSPS) is 12.2. The van der Waals surface area contributed by atoms with Crippen molar-refractivity contribution in [2.75, 3.05) is 5.32 Å². The first-order chi connectivity index (χ1) is 7.54. The van der Waals surface area contributed by atoms with E-state index < -0.39 is 23.6 Å². The molecule has 3 nitrogen and oxygen atoms in total. The Hall–Kier alpha value is -1.65. The molecule has 1 atom stereocenters. The summed E-state index contributed by atoms with van der Waals surface area (Å²) in [5.74, 6) is -2.35. The molecule has 0 amide bonds. The summed E-state index contributed by atoms with van der Waals surface area (Å²) >= 11 is 0. The number of carboxylic acids is 1. The number of aliphatic carboxylic acids is 1. The molecule has 1 aromatic carbocycles. The number of carbonyl (C=O) groups is 1. The van der Waals surface area contributed by atoms with Crippen LogP contribution in [-0.4, -0.2) is 17.1 Å². The SMILES string of the molecule is CCCC(Nc1cc(F)ccc1F)C(=O)O. The molecule has 88 valence electrons. The highest BCUT2D eigenvalue weighted by Gasteiger charge is 2.17. The summed E-state index contributed by atoms with van der Waals surface area (Å²) < 4.78 is 26.0. The van der Waals surface area contributed by atoms with Gasteiger partial charge < -0.3 is 10.4 Å². The van der Waals surface area contributed by atoms with Gasteiger partial charge in [0, 0.05) is 0 Å². The molecule has 0 aliphatic carbocycles. The Bertz CT molecular complexity index is 382. The second-order valence-corrected chi connectivity index (χ2v) is 3.45. The van der Waals surface area contributed by atoms with Crippen LogP contribution in [0.1, 0.15) is 19.8 Å². The molecule has 5 heteroatoms. The first-order valence-electron chi connectivity index (χ1n) is 4.99. The van der Waals surface area contributed by atoms with Gasteiger partial charge in [-0.2, -0.15) is 0 Å².